The van der Waals surface area contributed by atoms with Gasteiger partial charge in [0.1, 0.15) is 23.8 Å². The second-order valence-corrected chi connectivity index (χ2v) is 3.89. The first-order valence-electron chi connectivity index (χ1n) is 5.67. The van der Waals surface area contributed by atoms with Gasteiger partial charge in [-0.25, -0.2) is 15.0 Å². The number of carboxylic acid groups (broad SMARTS) is 1. The predicted molar refractivity (Wildman–Crippen MR) is 67.9 cm³/mol. The van der Waals surface area contributed by atoms with E-state index in [1.54, 1.807) is 20.1 Å². The van der Waals surface area contributed by atoms with Gasteiger partial charge in [0.2, 0.25) is 0 Å². The molecule has 98 valence electrons. The third-order valence-corrected chi connectivity index (χ3v) is 2.45. The molecule has 1 N–H and O–H groups in total. The fourth-order valence-electron chi connectivity index (χ4n) is 1.70. The highest BCUT2D eigenvalue weighted by Gasteiger charge is 2.12. The number of hydrogen-bond acceptors (Lipinski definition) is 5. The van der Waals surface area contributed by atoms with Gasteiger partial charge in [0, 0.05) is 0 Å². The summed E-state index contributed by atoms with van der Waals surface area (Å²) in [4.78, 5) is 23.1. The minimum Gasteiger partial charge on any atom is -0.496 e. The molecule has 19 heavy (non-hydrogen) atoms. The Balaban J connectivity index is 2.49. The molecule has 0 saturated heterocycles. The molecule has 1 aromatic heterocycles. The lowest BCUT2D eigenvalue weighted by Crippen LogP contribution is -2.08. The van der Waals surface area contributed by atoms with E-state index in [0.29, 0.717) is 23.0 Å². The van der Waals surface area contributed by atoms with Crippen molar-refractivity contribution >= 4 is 5.97 Å². The zero-order chi connectivity index (χ0) is 13.8. The van der Waals surface area contributed by atoms with Crippen molar-refractivity contribution in [3.05, 3.63) is 35.9 Å². The lowest BCUT2D eigenvalue weighted by atomic mass is 10.2. The maximum Gasteiger partial charge on any atom is 0.311 e. The summed E-state index contributed by atoms with van der Waals surface area (Å²) in [7, 11) is 1.56. The molecule has 0 aliphatic rings. The van der Waals surface area contributed by atoms with E-state index in [4.69, 9.17) is 9.84 Å². The largest absolute Gasteiger partial charge is 0.496 e. The minimum absolute atomic E-state index is 0.231. The fourth-order valence-corrected chi connectivity index (χ4v) is 1.70. The summed E-state index contributed by atoms with van der Waals surface area (Å²) in [5, 5.41) is 8.79. The molecular weight excluding hydrogens is 246 g/mol. The van der Waals surface area contributed by atoms with Gasteiger partial charge in [-0.15, -0.1) is 0 Å². The van der Waals surface area contributed by atoms with Crippen LogP contribution in [0.2, 0.25) is 0 Å². The van der Waals surface area contributed by atoms with E-state index in [9.17, 15) is 4.79 Å². The zero-order valence-corrected chi connectivity index (χ0v) is 10.6. The fraction of sp³-hybridized carbons (Fsp3) is 0.231. The summed E-state index contributed by atoms with van der Waals surface area (Å²) in [6, 6.07) is 7.30. The Kier molecular flexibility index (Phi) is 3.70. The van der Waals surface area contributed by atoms with Crippen LogP contribution in [-0.2, 0) is 11.2 Å². The van der Waals surface area contributed by atoms with Crippen LogP contribution in [0.5, 0.6) is 5.75 Å². The van der Waals surface area contributed by atoms with Gasteiger partial charge in [-0.05, 0) is 19.1 Å². The first kappa shape index (κ1) is 12.9. The molecule has 0 radical (unpaired) electrons. The molecule has 0 bridgehead atoms. The number of ether oxygens (including phenoxy) is 1. The molecular formula is C13H13N3O3. The van der Waals surface area contributed by atoms with Crippen molar-refractivity contribution in [3.63, 3.8) is 0 Å². The van der Waals surface area contributed by atoms with Gasteiger partial charge in [0.25, 0.3) is 0 Å². The van der Waals surface area contributed by atoms with Crippen molar-refractivity contribution in [2.75, 3.05) is 7.11 Å². The van der Waals surface area contributed by atoms with Crippen molar-refractivity contribution in [3.8, 4) is 17.1 Å². The molecule has 6 nitrogen and oxygen atoms in total. The number of aliphatic carboxylic acids is 1. The number of aromatic nitrogens is 3. The number of carbonyl (C=O) groups is 1. The lowest BCUT2D eigenvalue weighted by Gasteiger charge is -2.08. The Bertz CT molecular complexity index is 614. The Hall–Kier alpha value is -2.50. The Morgan fingerprint density at radius 2 is 2.00 bits per heavy atom. The van der Waals surface area contributed by atoms with Crippen LogP contribution < -0.4 is 4.74 Å². The predicted octanol–water partition coefficient (Wildman–Crippen LogP) is 1.48. The average molecular weight is 259 g/mol. The molecule has 2 aromatic rings. The summed E-state index contributed by atoms with van der Waals surface area (Å²) < 4.78 is 5.24. The summed E-state index contributed by atoms with van der Waals surface area (Å²) >= 11 is 0. The molecule has 2 rings (SSSR count). The summed E-state index contributed by atoms with van der Waals surface area (Å²) in [6.45, 7) is 1.70. The third kappa shape index (κ3) is 3.04. The second-order valence-electron chi connectivity index (χ2n) is 3.89. The van der Waals surface area contributed by atoms with E-state index in [1.807, 2.05) is 18.2 Å². The van der Waals surface area contributed by atoms with E-state index in [0.717, 1.165) is 0 Å². The van der Waals surface area contributed by atoms with Crippen LogP contribution in [-0.4, -0.2) is 33.1 Å². The SMILES string of the molecule is COc1ccccc1-c1nc(C)nc(CC(=O)O)n1. The van der Waals surface area contributed by atoms with Crippen molar-refractivity contribution in [2.24, 2.45) is 0 Å². The van der Waals surface area contributed by atoms with Crippen LogP contribution >= 0.6 is 0 Å². The second kappa shape index (κ2) is 5.43. The van der Waals surface area contributed by atoms with Gasteiger partial charge in [0.05, 0.1) is 12.7 Å². The van der Waals surface area contributed by atoms with Crippen LogP contribution in [0.4, 0.5) is 0 Å². The molecule has 0 spiro atoms. The smallest absolute Gasteiger partial charge is 0.311 e. The van der Waals surface area contributed by atoms with Crippen LogP contribution in [0.3, 0.4) is 0 Å². The molecule has 1 aromatic carbocycles. The number of rotatable bonds is 4. The summed E-state index contributed by atoms with van der Waals surface area (Å²) in [5.74, 6) is 0.792. The first-order valence-corrected chi connectivity index (χ1v) is 5.67. The monoisotopic (exact) mass is 259 g/mol. The zero-order valence-electron chi connectivity index (χ0n) is 10.6. The van der Waals surface area contributed by atoms with Crippen LogP contribution in [0.15, 0.2) is 24.3 Å². The minimum atomic E-state index is -0.975. The number of carboxylic acids is 1. The maximum absolute atomic E-state index is 10.7. The Labute approximate surface area is 110 Å². The topological polar surface area (TPSA) is 85.2 Å². The van der Waals surface area contributed by atoms with E-state index in [1.165, 1.54) is 0 Å². The number of methoxy groups -OCH3 is 1. The summed E-state index contributed by atoms with van der Waals surface area (Å²) in [6.07, 6.45) is -0.231. The highest BCUT2D eigenvalue weighted by Crippen LogP contribution is 2.26. The lowest BCUT2D eigenvalue weighted by molar-refractivity contribution is -0.136. The molecule has 0 atom stereocenters. The molecule has 0 fully saturated rings. The molecule has 0 amide bonds. The highest BCUT2D eigenvalue weighted by atomic mass is 16.5. The van der Waals surface area contributed by atoms with Gasteiger partial charge in [-0.3, -0.25) is 4.79 Å². The molecule has 1 heterocycles. The van der Waals surface area contributed by atoms with Crippen LogP contribution in [0.1, 0.15) is 11.6 Å². The number of hydrogen-bond donors (Lipinski definition) is 1. The standard InChI is InChI=1S/C13H13N3O3/c1-8-14-11(7-12(17)18)16-13(15-8)9-5-3-4-6-10(9)19-2/h3-6H,7H2,1-2H3,(H,17,18). The van der Waals surface area contributed by atoms with E-state index in [2.05, 4.69) is 15.0 Å². The number of para-hydroxylation sites is 1. The first-order chi connectivity index (χ1) is 9.10. The molecule has 0 aliphatic heterocycles. The van der Waals surface area contributed by atoms with Crippen molar-refractivity contribution < 1.29 is 14.6 Å². The number of nitrogens with zero attached hydrogens (tertiary/aromatic N) is 3. The molecule has 0 saturated carbocycles. The van der Waals surface area contributed by atoms with Crippen molar-refractivity contribution in [2.45, 2.75) is 13.3 Å². The summed E-state index contributed by atoms with van der Waals surface area (Å²) in [5.41, 5.74) is 0.710. The quantitative estimate of drug-likeness (QED) is 0.895. The van der Waals surface area contributed by atoms with E-state index >= 15 is 0 Å². The van der Waals surface area contributed by atoms with Gasteiger partial charge < -0.3 is 9.84 Å². The van der Waals surface area contributed by atoms with Crippen molar-refractivity contribution in [1.29, 1.82) is 0 Å². The van der Waals surface area contributed by atoms with Crippen LogP contribution in [0, 0.1) is 6.92 Å². The van der Waals surface area contributed by atoms with Crippen LogP contribution in [0.25, 0.3) is 11.4 Å². The van der Waals surface area contributed by atoms with Gasteiger partial charge in [0.15, 0.2) is 5.82 Å². The molecule has 0 unspecified atom stereocenters. The number of aryl methyl sites for hydroxylation is 1. The van der Waals surface area contributed by atoms with Gasteiger partial charge in [-0.2, -0.15) is 0 Å². The van der Waals surface area contributed by atoms with Gasteiger partial charge >= 0.3 is 5.97 Å². The van der Waals surface area contributed by atoms with E-state index < -0.39 is 5.97 Å². The maximum atomic E-state index is 10.7. The Morgan fingerprint density at radius 1 is 1.26 bits per heavy atom. The average Bonchev–Trinajstić information content (AvgIpc) is 2.37. The Morgan fingerprint density at radius 3 is 2.68 bits per heavy atom. The van der Waals surface area contributed by atoms with E-state index in [-0.39, 0.29) is 12.2 Å². The highest BCUT2D eigenvalue weighted by molar-refractivity contribution is 5.69. The third-order valence-electron chi connectivity index (χ3n) is 2.45. The van der Waals surface area contributed by atoms with Gasteiger partial charge in [-0.1, -0.05) is 12.1 Å². The van der Waals surface area contributed by atoms with Crippen molar-refractivity contribution in [1.82, 2.24) is 15.0 Å². The normalized spacial score (nSPS) is 10.2. The number of benzene rings is 1. The molecule has 6 heteroatoms. The molecule has 0 aliphatic carbocycles.